The van der Waals surface area contributed by atoms with E-state index in [0.717, 1.165) is 87.6 Å². The summed E-state index contributed by atoms with van der Waals surface area (Å²) in [6, 6.07) is 40.4. The second-order valence-electron chi connectivity index (χ2n) is 10.2. The molecule has 180 valence electrons. The van der Waals surface area contributed by atoms with Gasteiger partial charge < -0.3 is 4.98 Å². The number of nitrogens with one attached hydrogen (secondary N) is 1. The fraction of sp³-hybridized carbons (Fsp3) is 0. The van der Waals surface area contributed by atoms with Crippen molar-refractivity contribution in [3.63, 3.8) is 0 Å². The molecule has 0 aliphatic carbocycles. The summed E-state index contributed by atoms with van der Waals surface area (Å²) in [5, 5.41) is 6.47. The molecular weight excluding hydrogens is 476 g/mol. The van der Waals surface area contributed by atoms with Crippen molar-refractivity contribution in [3.8, 4) is 11.1 Å². The zero-order valence-corrected chi connectivity index (χ0v) is 20.8. The van der Waals surface area contributed by atoms with Gasteiger partial charge in [-0.1, -0.05) is 91.0 Å². The molecule has 9 aromatic rings. The number of fused-ring (bicyclic) bond motifs is 6. The van der Waals surface area contributed by atoms with Gasteiger partial charge in [-0.25, -0.2) is 15.0 Å². The summed E-state index contributed by atoms with van der Waals surface area (Å²) in [5.74, 6) is 0. The van der Waals surface area contributed by atoms with Crippen molar-refractivity contribution in [2.24, 2.45) is 0 Å². The molecule has 39 heavy (non-hydrogen) atoms. The van der Waals surface area contributed by atoms with Gasteiger partial charge in [0.15, 0.2) is 0 Å². The number of hydrogen-bond acceptors (Lipinski definition) is 3. The van der Waals surface area contributed by atoms with E-state index in [1.165, 1.54) is 0 Å². The first-order chi connectivity index (χ1) is 19.3. The van der Waals surface area contributed by atoms with Gasteiger partial charge in [0.05, 0.1) is 38.6 Å². The molecule has 0 unspecified atom stereocenters. The third-order valence-electron chi connectivity index (χ3n) is 7.91. The number of pyridine rings is 2. The Morgan fingerprint density at radius 1 is 0.436 bits per heavy atom. The molecule has 0 atom stereocenters. The first-order valence-electron chi connectivity index (χ1n) is 13.1. The molecule has 8 bridgehead atoms. The van der Waals surface area contributed by atoms with Crippen LogP contribution < -0.4 is 0 Å². The highest BCUT2D eigenvalue weighted by Gasteiger charge is 2.13. The van der Waals surface area contributed by atoms with Crippen molar-refractivity contribution in [1.29, 1.82) is 0 Å². The van der Waals surface area contributed by atoms with Crippen LogP contribution in [0, 0.1) is 0 Å². The maximum Gasteiger partial charge on any atom is 0.0972 e. The van der Waals surface area contributed by atoms with Crippen LogP contribution in [0.25, 0.3) is 87.6 Å². The number of aromatic nitrogens is 4. The van der Waals surface area contributed by atoms with Crippen molar-refractivity contribution in [3.05, 3.63) is 115 Å². The predicted octanol–water partition coefficient (Wildman–Crippen LogP) is 8.94. The standard InChI is InChI=1S/C35H20N4/c1-2-6-20(7-3-1)31-29-18-23-8-4-10-25(32(23)38-29)27-16-14-21-12-13-22-15-17-28(37-35(22)34(21)36-27)26-11-5-9-24-19-30(31)39-33(24)26/h1-19,38H. The summed E-state index contributed by atoms with van der Waals surface area (Å²) < 4.78 is 0. The van der Waals surface area contributed by atoms with Crippen LogP contribution in [-0.4, -0.2) is 19.9 Å². The van der Waals surface area contributed by atoms with Gasteiger partial charge in [-0.2, -0.15) is 0 Å². The van der Waals surface area contributed by atoms with Crippen LogP contribution in [0.1, 0.15) is 0 Å². The smallest absolute Gasteiger partial charge is 0.0972 e. The molecule has 4 nitrogen and oxygen atoms in total. The fourth-order valence-corrected chi connectivity index (χ4v) is 6.06. The van der Waals surface area contributed by atoms with Gasteiger partial charge in [0.2, 0.25) is 0 Å². The van der Waals surface area contributed by atoms with E-state index >= 15 is 0 Å². The minimum Gasteiger partial charge on any atom is -0.354 e. The topological polar surface area (TPSA) is 54.5 Å². The van der Waals surface area contributed by atoms with Crippen LogP contribution in [0.3, 0.4) is 0 Å². The van der Waals surface area contributed by atoms with E-state index in [1.807, 2.05) is 6.07 Å². The predicted molar refractivity (Wildman–Crippen MR) is 162 cm³/mol. The van der Waals surface area contributed by atoms with E-state index in [1.54, 1.807) is 0 Å². The summed E-state index contributed by atoms with van der Waals surface area (Å²) in [7, 11) is 0. The van der Waals surface area contributed by atoms with Crippen molar-refractivity contribution in [2.75, 3.05) is 0 Å². The Kier molecular flexibility index (Phi) is 4.02. The van der Waals surface area contributed by atoms with Crippen LogP contribution in [0.5, 0.6) is 0 Å². The summed E-state index contributed by atoms with van der Waals surface area (Å²) in [5.41, 5.74) is 9.81. The number of nitrogens with zero attached hydrogens (tertiary/aromatic N) is 3. The second kappa shape index (κ2) is 7.59. The molecule has 0 aliphatic heterocycles. The molecule has 9 rings (SSSR count). The molecule has 0 spiro atoms. The third kappa shape index (κ3) is 2.97. The van der Waals surface area contributed by atoms with Gasteiger partial charge in [-0.3, -0.25) is 0 Å². The summed E-state index contributed by atoms with van der Waals surface area (Å²) >= 11 is 0. The lowest BCUT2D eigenvalue weighted by Gasteiger charge is -2.05. The lowest BCUT2D eigenvalue weighted by Crippen LogP contribution is -1.87. The van der Waals surface area contributed by atoms with Gasteiger partial charge in [0.25, 0.3) is 0 Å². The highest BCUT2D eigenvalue weighted by Crippen LogP contribution is 2.35. The molecule has 4 aromatic carbocycles. The van der Waals surface area contributed by atoms with Gasteiger partial charge in [0, 0.05) is 43.4 Å². The van der Waals surface area contributed by atoms with Gasteiger partial charge in [-0.05, 0) is 29.8 Å². The molecule has 0 saturated carbocycles. The lowest BCUT2D eigenvalue weighted by molar-refractivity contribution is 1.46. The van der Waals surface area contributed by atoms with Gasteiger partial charge >= 0.3 is 0 Å². The molecule has 0 fully saturated rings. The van der Waals surface area contributed by atoms with Crippen LogP contribution in [0.4, 0.5) is 0 Å². The Morgan fingerprint density at radius 3 is 1.85 bits per heavy atom. The number of hydrogen-bond donors (Lipinski definition) is 1. The Labute approximate surface area is 222 Å². The van der Waals surface area contributed by atoms with E-state index in [2.05, 4.69) is 114 Å². The van der Waals surface area contributed by atoms with Crippen LogP contribution >= 0.6 is 0 Å². The third-order valence-corrected chi connectivity index (χ3v) is 7.91. The van der Waals surface area contributed by atoms with Crippen LogP contribution in [-0.2, 0) is 0 Å². The number of rotatable bonds is 1. The SMILES string of the molecule is c1ccc(-c2c3cc4cccc(c5ccc6ccc7ccc(nc7c6n5)c5cccc6cc2[nH]c65)c4n3)cc1. The molecule has 0 radical (unpaired) electrons. The Morgan fingerprint density at radius 2 is 1.08 bits per heavy atom. The molecular formula is C35H20N4. The molecule has 4 heteroatoms. The zero-order valence-electron chi connectivity index (χ0n) is 20.8. The number of benzene rings is 4. The normalized spacial score (nSPS) is 12.1. The second-order valence-corrected chi connectivity index (χ2v) is 10.2. The summed E-state index contributed by atoms with van der Waals surface area (Å²) in [4.78, 5) is 19.4. The van der Waals surface area contributed by atoms with Crippen LogP contribution in [0.15, 0.2) is 115 Å². The van der Waals surface area contributed by atoms with E-state index in [4.69, 9.17) is 15.0 Å². The van der Waals surface area contributed by atoms with E-state index in [0.29, 0.717) is 0 Å². The number of aromatic amines is 1. The van der Waals surface area contributed by atoms with E-state index in [-0.39, 0.29) is 0 Å². The van der Waals surface area contributed by atoms with Gasteiger partial charge in [-0.15, -0.1) is 0 Å². The van der Waals surface area contributed by atoms with Crippen molar-refractivity contribution in [2.45, 2.75) is 0 Å². The van der Waals surface area contributed by atoms with Gasteiger partial charge in [0.1, 0.15) is 0 Å². The van der Waals surface area contributed by atoms with Crippen molar-refractivity contribution in [1.82, 2.24) is 19.9 Å². The minimum absolute atomic E-state index is 0.900. The lowest BCUT2D eigenvalue weighted by atomic mass is 10.1. The van der Waals surface area contributed by atoms with Crippen LogP contribution in [0.2, 0.25) is 0 Å². The Hall–Kier alpha value is -5.35. The van der Waals surface area contributed by atoms with Crippen molar-refractivity contribution < 1.29 is 0 Å². The molecule has 0 saturated heterocycles. The molecule has 5 heterocycles. The van der Waals surface area contributed by atoms with Crippen molar-refractivity contribution >= 4 is 76.5 Å². The maximum atomic E-state index is 5.26. The average molecular weight is 497 g/mol. The largest absolute Gasteiger partial charge is 0.354 e. The first kappa shape index (κ1) is 20.7. The quantitative estimate of drug-likeness (QED) is 0.231. The minimum atomic E-state index is 0.900. The average Bonchev–Trinajstić information content (AvgIpc) is 3.61. The van der Waals surface area contributed by atoms with E-state index in [9.17, 15) is 0 Å². The highest BCUT2D eigenvalue weighted by molar-refractivity contribution is 6.13. The Bertz CT molecular complexity index is 2290. The zero-order chi connectivity index (χ0) is 25.5. The number of para-hydroxylation sites is 2. The summed E-state index contributed by atoms with van der Waals surface area (Å²) in [6.45, 7) is 0. The highest BCUT2D eigenvalue weighted by atomic mass is 14.8. The molecule has 1 N–H and O–H groups in total. The number of H-pyrrole nitrogens is 1. The molecule has 0 aliphatic rings. The first-order valence-corrected chi connectivity index (χ1v) is 13.1. The maximum absolute atomic E-state index is 5.26. The van der Waals surface area contributed by atoms with E-state index < -0.39 is 0 Å². The molecule has 0 amide bonds. The monoisotopic (exact) mass is 496 g/mol. The molecule has 5 aromatic heterocycles. The Balaban J connectivity index is 1.61. The fourth-order valence-electron chi connectivity index (χ4n) is 6.06. The summed E-state index contributed by atoms with van der Waals surface area (Å²) in [6.07, 6.45) is 0.